The van der Waals surface area contributed by atoms with Crippen LogP contribution in [0.3, 0.4) is 0 Å². The predicted octanol–water partition coefficient (Wildman–Crippen LogP) is 4.24. The molecule has 0 bridgehead atoms. The number of hydrogen-bond donors (Lipinski definition) is 1. The van der Waals surface area contributed by atoms with Gasteiger partial charge in [0.05, 0.1) is 12.1 Å². The maximum absolute atomic E-state index is 11.9. The first-order valence-electron chi connectivity index (χ1n) is 10.7. The van der Waals surface area contributed by atoms with Gasteiger partial charge in [0.15, 0.2) is 6.23 Å². The number of benzene rings is 2. The van der Waals surface area contributed by atoms with Crippen molar-refractivity contribution in [2.45, 2.75) is 45.9 Å². The number of rotatable bonds is 10. The monoisotopic (exact) mass is 408 g/mol. The van der Waals surface area contributed by atoms with E-state index in [2.05, 4.69) is 36.9 Å². The van der Waals surface area contributed by atoms with Crippen LogP contribution in [0.15, 0.2) is 59.4 Å². The zero-order valence-corrected chi connectivity index (χ0v) is 18.2. The first-order chi connectivity index (χ1) is 14.5. The van der Waals surface area contributed by atoms with E-state index < -0.39 is 0 Å². The van der Waals surface area contributed by atoms with Crippen LogP contribution in [-0.2, 0) is 13.6 Å². The van der Waals surface area contributed by atoms with Gasteiger partial charge in [-0.25, -0.2) is 0 Å². The number of ether oxygens (including phenoxy) is 1. The highest BCUT2D eigenvalue weighted by molar-refractivity contribution is 5.80. The van der Waals surface area contributed by atoms with E-state index in [0.29, 0.717) is 6.54 Å². The molecule has 0 amide bonds. The minimum absolute atomic E-state index is 0.0238. The molecule has 160 valence electrons. The molecule has 0 spiro atoms. The Morgan fingerprint density at radius 1 is 1.13 bits per heavy atom. The van der Waals surface area contributed by atoms with Gasteiger partial charge in [-0.15, -0.1) is 0 Å². The smallest absolute Gasteiger partial charge is 0.250 e. The summed E-state index contributed by atoms with van der Waals surface area (Å²) in [7, 11) is 1.78. The van der Waals surface area contributed by atoms with Crippen molar-refractivity contribution in [1.82, 2.24) is 9.47 Å². The van der Waals surface area contributed by atoms with E-state index in [-0.39, 0.29) is 18.4 Å². The Morgan fingerprint density at radius 2 is 1.93 bits per heavy atom. The second kappa shape index (κ2) is 10.4. The van der Waals surface area contributed by atoms with Crippen molar-refractivity contribution in [3.8, 4) is 5.75 Å². The summed E-state index contributed by atoms with van der Waals surface area (Å²) in [6.07, 6.45) is 2.87. The minimum Gasteiger partial charge on any atom is -0.475 e. The van der Waals surface area contributed by atoms with Gasteiger partial charge in [0.1, 0.15) is 5.75 Å². The van der Waals surface area contributed by atoms with E-state index in [1.54, 1.807) is 17.7 Å². The molecule has 0 aliphatic heterocycles. The molecule has 3 aromatic rings. The fraction of sp³-hybridized carbons (Fsp3) is 0.400. The summed E-state index contributed by atoms with van der Waals surface area (Å²) < 4.78 is 8.09. The zero-order valence-electron chi connectivity index (χ0n) is 18.2. The van der Waals surface area contributed by atoms with E-state index >= 15 is 0 Å². The van der Waals surface area contributed by atoms with Crippen LogP contribution in [0, 0.1) is 6.92 Å². The standard InChI is InChI=1S/C25H32N2O3/c1-4-5-10-25(27(15-16-28)18-21-9-7-6-8-19(21)2)30-22-12-13-23-20(17-22)11-14-24(29)26(23)3/h6-9,11-14,17,25,28H,4-5,10,15-16,18H2,1-3H3. The van der Waals surface area contributed by atoms with Gasteiger partial charge in [-0.1, -0.05) is 37.6 Å². The Morgan fingerprint density at radius 3 is 2.67 bits per heavy atom. The first-order valence-corrected chi connectivity index (χ1v) is 10.7. The highest BCUT2D eigenvalue weighted by Crippen LogP contribution is 2.24. The molecule has 1 heterocycles. The highest BCUT2D eigenvalue weighted by Gasteiger charge is 2.21. The number of pyridine rings is 1. The average molecular weight is 409 g/mol. The Bertz CT molecular complexity index is 1030. The van der Waals surface area contributed by atoms with Gasteiger partial charge in [0.25, 0.3) is 5.56 Å². The normalized spacial score (nSPS) is 12.4. The van der Waals surface area contributed by atoms with Crippen LogP contribution in [0.5, 0.6) is 5.75 Å². The van der Waals surface area contributed by atoms with Gasteiger partial charge in [0, 0.05) is 31.6 Å². The molecule has 1 atom stereocenters. The largest absolute Gasteiger partial charge is 0.475 e. The predicted molar refractivity (Wildman–Crippen MR) is 122 cm³/mol. The number of aliphatic hydroxyl groups is 1. The molecule has 0 aliphatic carbocycles. The molecular formula is C25H32N2O3. The molecule has 30 heavy (non-hydrogen) atoms. The van der Waals surface area contributed by atoms with Crippen LogP contribution < -0.4 is 10.3 Å². The van der Waals surface area contributed by atoms with Crippen LogP contribution in [0.2, 0.25) is 0 Å². The van der Waals surface area contributed by atoms with Crippen molar-refractivity contribution in [1.29, 1.82) is 0 Å². The van der Waals surface area contributed by atoms with Gasteiger partial charge in [0.2, 0.25) is 0 Å². The molecule has 0 aliphatic rings. The Balaban J connectivity index is 1.87. The first kappa shape index (κ1) is 22.1. The van der Waals surface area contributed by atoms with Crippen LogP contribution in [-0.4, -0.2) is 34.0 Å². The minimum atomic E-state index is -0.137. The molecule has 5 nitrogen and oxygen atoms in total. The number of hydrogen-bond acceptors (Lipinski definition) is 4. The van der Waals surface area contributed by atoms with Crippen LogP contribution in [0.25, 0.3) is 10.9 Å². The molecule has 1 aromatic heterocycles. The van der Waals surface area contributed by atoms with Crippen molar-refractivity contribution in [3.63, 3.8) is 0 Å². The third kappa shape index (κ3) is 5.29. The van der Waals surface area contributed by atoms with Crippen LogP contribution in [0.1, 0.15) is 37.3 Å². The van der Waals surface area contributed by atoms with Crippen molar-refractivity contribution in [2.24, 2.45) is 7.05 Å². The van der Waals surface area contributed by atoms with Crippen LogP contribution in [0.4, 0.5) is 0 Å². The van der Waals surface area contributed by atoms with Crippen molar-refractivity contribution in [2.75, 3.05) is 13.2 Å². The summed E-state index contributed by atoms with van der Waals surface area (Å²) >= 11 is 0. The summed E-state index contributed by atoms with van der Waals surface area (Å²) in [5.74, 6) is 0.773. The molecule has 1 unspecified atom stereocenters. The summed E-state index contributed by atoms with van der Waals surface area (Å²) in [6.45, 7) is 5.64. The van der Waals surface area contributed by atoms with Gasteiger partial charge in [-0.3, -0.25) is 9.69 Å². The van der Waals surface area contributed by atoms with Gasteiger partial charge < -0.3 is 14.4 Å². The quantitative estimate of drug-likeness (QED) is 0.510. The average Bonchev–Trinajstić information content (AvgIpc) is 2.75. The second-order valence-corrected chi connectivity index (χ2v) is 7.79. The molecule has 0 radical (unpaired) electrons. The topological polar surface area (TPSA) is 54.7 Å². The number of nitrogens with zero attached hydrogens (tertiary/aromatic N) is 2. The van der Waals surface area contributed by atoms with Crippen LogP contribution >= 0.6 is 0 Å². The number of aliphatic hydroxyl groups excluding tert-OH is 1. The van der Waals surface area contributed by atoms with Crippen molar-refractivity contribution >= 4 is 10.9 Å². The van der Waals surface area contributed by atoms with E-state index in [4.69, 9.17) is 4.74 Å². The Hall–Kier alpha value is -2.63. The third-order valence-corrected chi connectivity index (χ3v) is 5.60. The van der Waals surface area contributed by atoms with E-state index in [0.717, 1.165) is 42.5 Å². The lowest BCUT2D eigenvalue weighted by molar-refractivity contribution is 0.00116. The summed E-state index contributed by atoms with van der Waals surface area (Å²) in [4.78, 5) is 14.1. The lowest BCUT2D eigenvalue weighted by Crippen LogP contribution is -2.41. The summed E-state index contributed by atoms with van der Waals surface area (Å²) in [5, 5.41) is 10.7. The number of aryl methyl sites for hydroxylation is 2. The van der Waals surface area contributed by atoms with Gasteiger partial charge >= 0.3 is 0 Å². The lowest BCUT2D eigenvalue weighted by Gasteiger charge is -2.32. The Kier molecular flexibility index (Phi) is 7.66. The molecule has 5 heteroatoms. The Labute approximate surface area is 178 Å². The highest BCUT2D eigenvalue weighted by atomic mass is 16.5. The fourth-order valence-corrected chi connectivity index (χ4v) is 3.75. The maximum Gasteiger partial charge on any atom is 0.250 e. The lowest BCUT2D eigenvalue weighted by atomic mass is 10.1. The van der Waals surface area contributed by atoms with E-state index in [9.17, 15) is 9.90 Å². The molecule has 1 N–H and O–H groups in total. The third-order valence-electron chi connectivity index (χ3n) is 5.60. The van der Waals surface area contributed by atoms with Crippen molar-refractivity contribution < 1.29 is 9.84 Å². The number of unbranched alkanes of at least 4 members (excludes halogenated alkanes) is 1. The molecule has 3 rings (SSSR count). The molecule has 2 aromatic carbocycles. The second-order valence-electron chi connectivity index (χ2n) is 7.79. The summed E-state index contributed by atoms with van der Waals surface area (Å²) in [6, 6.07) is 17.6. The summed E-state index contributed by atoms with van der Waals surface area (Å²) in [5.41, 5.74) is 3.34. The van der Waals surface area contributed by atoms with E-state index in [1.807, 2.05) is 30.3 Å². The molecule has 0 saturated heterocycles. The fourth-order valence-electron chi connectivity index (χ4n) is 3.75. The van der Waals surface area contributed by atoms with E-state index in [1.165, 1.54) is 11.1 Å². The number of aromatic nitrogens is 1. The zero-order chi connectivity index (χ0) is 21.5. The molecule has 0 saturated carbocycles. The van der Waals surface area contributed by atoms with Crippen molar-refractivity contribution in [3.05, 3.63) is 76.1 Å². The maximum atomic E-state index is 11.9. The number of fused-ring (bicyclic) bond motifs is 1. The van der Waals surface area contributed by atoms with Gasteiger partial charge in [-0.2, -0.15) is 0 Å². The molecular weight excluding hydrogens is 376 g/mol. The SMILES string of the molecule is CCCCC(Oc1ccc2c(ccc(=O)n2C)c1)N(CCO)Cc1ccccc1C. The van der Waals surface area contributed by atoms with Gasteiger partial charge in [-0.05, 0) is 55.2 Å². The molecule has 0 fully saturated rings.